The van der Waals surface area contributed by atoms with Crippen LogP contribution in [-0.4, -0.2) is 26.5 Å². The number of hydrogen-bond acceptors (Lipinski definition) is 3. The lowest BCUT2D eigenvalue weighted by molar-refractivity contribution is 0.167. The first-order valence-electron chi connectivity index (χ1n) is 3.17. The summed E-state index contributed by atoms with van der Waals surface area (Å²) in [5.74, 6) is 0. The third kappa shape index (κ3) is 6.15. The molecule has 10 heavy (non-hydrogen) atoms. The summed E-state index contributed by atoms with van der Waals surface area (Å²) in [4.78, 5) is 0. The van der Waals surface area contributed by atoms with Crippen LogP contribution in [0.25, 0.3) is 0 Å². The Morgan fingerprint density at radius 3 is 2.80 bits per heavy atom. The molecule has 0 aromatic heterocycles. The first-order chi connectivity index (χ1) is 4.66. The third-order valence-corrected chi connectivity index (χ3v) is 1.46. The summed E-state index contributed by atoms with van der Waals surface area (Å²) in [6, 6.07) is 0. The normalized spacial score (nSPS) is 16.7. The molecule has 0 aliphatic carbocycles. The van der Waals surface area contributed by atoms with Crippen LogP contribution in [0.5, 0.6) is 0 Å². The van der Waals surface area contributed by atoms with Crippen molar-refractivity contribution in [3.63, 3.8) is 0 Å². The minimum atomic E-state index is -2.25. The quantitative estimate of drug-likeness (QED) is 0.542. The molecule has 0 aliphatic rings. The zero-order valence-corrected chi connectivity index (χ0v) is 6.69. The summed E-state index contributed by atoms with van der Waals surface area (Å²) in [7, 11) is 0. The monoisotopic (exact) mass is 166 g/mol. The van der Waals surface area contributed by atoms with E-state index in [0.29, 0.717) is 6.42 Å². The van der Waals surface area contributed by atoms with E-state index in [-0.39, 0.29) is 6.54 Å². The number of hydrogen-bond donors (Lipinski definition) is 2. The Morgan fingerprint density at radius 2 is 2.40 bits per heavy atom. The Bertz CT molecular complexity index is 109. The molecule has 4 nitrogen and oxygen atoms in total. The Morgan fingerprint density at radius 1 is 1.80 bits per heavy atom. The highest BCUT2D eigenvalue weighted by molar-refractivity contribution is 7.77. The average molecular weight is 166 g/mol. The van der Waals surface area contributed by atoms with Crippen molar-refractivity contribution in [2.75, 3.05) is 6.54 Å². The van der Waals surface area contributed by atoms with Crippen LogP contribution in [0.15, 0.2) is 0 Å². The van der Waals surface area contributed by atoms with E-state index in [4.69, 9.17) is 5.11 Å². The Balaban J connectivity index is 3.21. The highest BCUT2D eigenvalue weighted by atomic mass is 32.2. The Labute approximate surface area is 63.1 Å². The van der Waals surface area contributed by atoms with E-state index in [1.54, 1.807) is 0 Å². The Hall–Kier alpha value is 0.0300. The van der Waals surface area contributed by atoms with Crippen LogP contribution >= 0.6 is 0 Å². The highest BCUT2D eigenvalue weighted by Crippen LogP contribution is 1.93. The molecule has 0 rings (SSSR count). The number of nitrogens with one attached hydrogen (secondary N) is 1. The molecule has 2 N–H and O–H groups in total. The predicted octanol–water partition coefficient (Wildman–Crippen LogP) is -0.469. The fourth-order valence-electron chi connectivity index (χ4n) is 0.600. The van der Waals surface area contributed by atoms with Crippen molar-refractivity contribution in [3.8, 4) is 0 Å². The molecule has 0 aliphatic heterocycles. The number of aliphatic hydroxyl groups is 1. The topological polar surface area (TPSA) is 72.4 Å². The molecular weight excluding hydrogens is 154 g/mol. The first-order valence-corrected chi connectivity index (χ1v) is 4.25. The smallest absolute Gasteiger partial charge is 0.0674 e. The van der Waals surface area contributed by atoms with Crippen LogP contribution in [-0.2, 0) is 11.3 Å². The second-order valence-corrected chi connectivity index (χ2v) is 2.78. The predicted molar refractivity (Wildman–Crippen MR) is 37.8 cm³/mol. The molecule has 0 amide bonds. The van der Waals surface area contributed by atoms with Gasteiger partial charge in [0.25, 0.3) is 0 Å². The van der Waals surface area contributed by atoms with E-state index < -0.39 is 17.4 Å². The number of aliphatic hydroxyl groups excluding tert-OH is 1. The summed E-state index contributed by atoms with van der Waals surface area (Å²) in [6.07, 6.45) is 0.932. The highest BCUT2D eigenvalue weighted by Gasteiger charge is 1.99. The van der Waals surface area contributed by atoms with Crippen molar-refractivity contribution in [1.82, 2.24) is 4.72 Å². The molecule has 0 saturated heterocycles. The molecule has 0 saturated carbocycles. The third-order valence-electron chi connectivity index (χ3n) is 1.06. The zero-order chi connectivity index (χ0) is 7.98. The van der Waals surface area contributed by atoms with Gasteiger partial charge in [-0.3, -0.25) is 4.21 Å². The van der Waals surface area contributed by atoms with Gasteiger partial charge in [-0.2, -0.15) is 0 Å². The summed E-state index contributed by atoms with van der Waals surface area (Å²) in [5.41, 5.74) is 0. The fraction of sp³-hybridized carbons (Fsp3) is 1.00. The summed E-state index contributed by atoms with van der Waals surface area (Å²) in [5, 5.41) is 8.96. The van der Waals surface area contributed by atoms with Crippen molar-refractivity contribution >= 4 is 11.3 Å². The molecule has 2 atom stereocenters. The lowest BCUT2D eigenvalue weighted by Crippen LogP contribution is -2.27. The van der Waals surface area contributed by atoms with Gasteiger partial charge < -0.3 is 9.66 Å². The summed E-state index contributed by atoms with van der Waals surface area (Å²) in [6.45, 7) is 2.04. The van der Waals surface area contributed by atoms with Crippen LogP contribution in [0, 0.1) is 0 Å². The minimum absolute atomic E-state index is 0.115. The lowest BCUT2D eigenvalue weighted by Gasteiger charge is -2.11. The van der Waals surface area contributed by atoms with E-state index in [9.17, 15) is 8.76 Å². The second-order valence-electron chi connectivity index (χ2n) is 2.03. The SMILES string of the molecule is CCCC(O)CNS(=O)[O-]. The second kappa shape index (κ2) is 5.79. The summed E-state index contributed by atoms with van der Waals surface area (Å²) < 4.78 is 21.9. The molecule has 0 radical (unpaired) electrons. The minimum Gasteiger partial charge on any atom is -0.760 e. The van der Waals surface area contributed by atoms with E-state index in [2.05, 4.69) is 4.72 Å². The van der Waals surface area contributed by atoms with Crippen molar-refractivity contribution in [3.05, 3.63) is 0 Å². The van der Waals surface area contributed by atoms with Gasteiger partial charge >= 0.3 is 0 Å². The van der Waals surface area contributed by atoms with E-state index in [0.717, 1.165) is 6.42 Å². The van der Waals surface area contributed by atoms with Gasteiger partial charge in [-0.25, -0.2) is 4.72 Å². The van der Waals surface area contributed by atoms with Crippen LogP contribution in [0.3, 0.4) is 0 Å². The molecule has 62 valence electrons. The lowest BCUT2D eigenvalue weighted by atomic mass is 10.2. The molecule has 2 unspecified atom stereocenters. The van der Waals surface area contributed by atoms with Gasteiger partial charge in [0.2, 0.25) is 0 Å². The largest absolute Gasteiger partial charge is 0.760 e. The van der Waals surface area contributed by atoms with Gasteiger partial charge in [-0.05, 0) is 6.42 Å². The van der Waals surface area contributed by atoms with Gasteiger partial charge in [-0.15, -0.1) is 0 Å². The fourth-order valence-corrected chi connectivity index (χ4v) is 0.928. The van der Waals surface area contributed by atoms with Gasteiger partial charge in [0.05, 0.1) is 6.10 Å². The maximum atomic E-state index is 9.89. The molecule has 0 fully saturated rings. The molecule has 5 heteroatoms. The molecule has 0 spiro atoms. The van der Waals surface area contributed by atoms with Crippen molar-refractivity contribution in [2.45, 2.75) is 25.9 Å². The van der Waals surface area contributed by atoms with Crippen LogP contribution in [0.2, 0.25) is 0 Å². The van der Waals surface area contributed by atoms with Crippen LogP contribution < -0.4 is 4.72 Å². The maximum absolute atomic E-state index is 9.89. The van der Waals surface area contributed by atoms with E-state index >= 15 is 0 Å². The van der Waals surface area contributed by atoms with Gasteiger partial charge in [0, 0.05) is 17.8 Å². The zero-order valence-electron chi connectivity index (χ0n) is 5.87. The molecule has 0 aromatic rings. The number of rotatable bonds is 5. The van der Waals surface area contributed by atoms with E-state index in [1.807, 2.05) is 6.92 Å². The maximum Gasteiger partial charge on any atom is 0.0674 e. The first kappa shape index (κ1) is 10.0. The van der Waals surface area contributed by atoms with Crippen molar-refractivity contribution in [1.29, 1.82) is 0 Å². The van der Waals surface area contributed by atoms with Gasteiger partial charge in [-0.1, -0.05) is 13.3 Å². The van der Waals surface area contributed by atoms with Crippen molar-refractivity contribution < 1.29 is 13.9 Å². The van der Waals surface area contributed by atoms with E-state index in [1.165, 1.54) is 0 Å². The van der Waals surface area contributed by atoms with Crippen LogP contribution in [0.4, 0.5) is 0 Å². The van der Waals surface area contributed by atoms with Gasteiger partial charge in [0.15, 0.2) is 0 Å². The molecule has 0 bridgehead atoms. The Kier molecular flexibility index (Phi) is 5.81. The molecule has 0 aromatic carbocycles. The molecule has 0 heterocycles. The standard InChI is InChI=1S/C5H13NO3S/c1-2-3-5(7)4-6-10(8)9/h5-7H,2-4H2,1H3,(H,8,9)/p-1. The van der Waals surface area contributed by atoms with Gasteiger partial charge in [0.1, 0.15) is 0 Å². The summed E-state index contributed by atoms with van der Waals surface area (Å²) >= 11 is -2.25. The van der Waals surface area contributed by atoms with Crippen LogP contribution in [0.1, 0.15) is 19.8 Å². The molecular formula is C5H12NO3S-. The average Bonchev–Trinajstić information content (AvgIpc) is 1.85. The van der Waals surface area contributed by atoms with Crippen molar-refractivity contribution in [2.24, 2.45) is 0 Å².